The highest BCUT2D eigenvalue weighted by molar-refractivity contribution is 7.16. The van der Waals surface area contributed by atoms with Crippen molar-refractivity contribution in [3.63, 3.8) is 0 Å². The average Bonchev–Trinajstić information content (AvgIpc) is 2.75. The van der Waals surface area contributed by atoms with Crippen LogP contribution in [0.15, 0.2) is 12.1 Å². The molecule has 1 fully saturated rings. The molecule has 0 bridgehead atoms. The van der Waals surface area contributed by atoms with Crippen LogP contribution in [-0.4, -0.2) is 31.1 Å². The van der Waals surface area contributed by atoms with E-state index in [1.54, 1.807) is 11.3 Å². The van der Waals surface area contributed by atoms with E-state index >= 15 is 0 Å². The second kappa shape index (κ2) is 6.57. The Morgan fingerprint density at radius 3 is 2.84 bits per heavy atom. The minimum atomic E-state index is 0.332. The molecule has 2 nitrogen and oxygen atoms in total. The number of nitrogens with one attached hydrogen (secondary N) is 1. The quantitative estimate of drug-likeness (QED) is 0.884. The van der Waals surface area contributed by atoms with E-state index in [9.17, 15) is 0 Å². The first-order chi connectivity index (χ1) is 9.02. The van der Waals surface area contributed by atoms with Crippen molar-refractivity contribution in [1.82, 2.24) is 10.2 Å². The number of hydrogen-bond acceptors (Lipinski definition) is 3. The molecule has 19 heavy (non-hydrogen) atoms. The van der Waals surface area contributed by atoms with Crippen LogP contribution in [0.2, 0.25) is 4.34 Å². The summed E-state index contributed by atoms with van der Waals surface area (Å²) in [7, 11) is 4.45. The van der Waals surface area contributed by atoms with Crippen LogP contribution in [-0.2, 0) is 6.54 Å². The lowest BCUT2D eigenvalue weighted by Crippen LogP contribution is -2.54. The Kier molecular flexibility index (Phi) is 5.29. The molecule has 1 aliphatic carbocycles. The first-order valence-corrected chi connectivity index (χ1v) is 8.34. The number of halogens is 1. The highest BCUT2D eigenvalue weighted by Crippen LogP contribution is 2.35. The molecule has 2 atom stereocenters. The Balaban J connectivity index is 1.90. The van der Waals surface area contributed by atoms with Crippen LogP contribution in [0.3, 0.4) is 0 Å². The SMILES string of the molecule is CC1CCCC(CNCc2ccc(Cl)s2)(N(C)C)C1. The van der Waals surface area contributed by atoms with Crippen LogP contribution >= 0.6 is 22.9 Å². The zero-order chi connectivity index (χ0) is 13.9. The van der Waals surface area contributed by atoms with Crippen LogP contribution in [0.1, 0.15) is 37.5 Å². The molecular formula is C15H25ClN2S. The molecule has 1 aromatic heterocycles. The molecule has 1 aliphatic rings. The summed E-state index contributed by atoms with van der Waals surface area (Å²) in [4.78, 5) is 3.75. The second-order valence-corrected chi connectivity index (χ2v) is 7.93. The summed E-state index contributed by atoms with van der Waals surface area (Å²) in [6, 6.07) is 4.10. The number of thiophene rings is 1. The third-order valence-corrected chi connectivity index (χ3v) is 5.63. The summed E-state index contributed by atoms with van der Waals surface area (Å²) in [6.07, 6.45) is 5.35. The van der Waals surface area contributed by atoms with Gasteiger partial charge < -0.3 is 10.2 Å². The summed E-state index contributed by atoms with van der Waals surface area (Å²) in [6.45, 7) is 4.39. The summed E-state index contributed by atoms with van der Waals surface area (Å²) in [5.41, 5.74) is 0.332. The lowest BCUT2D eigenvalue weighted by Gasteiger charge is -2.45. The van der Waals surface area contributed by atoms with E-state index in [0.29, 0.717) is 5.54 Å². The normalized spacial score (nSPS) is 27.9. The van der Waals surface area contributed by atoms with Crippen molar-refractivity contribution in [2.75, 3.05) is 20.6 Å². The molecule has 0 aliphatic heterocycles. The van der Waals surface area contributed by atoms with Gasteiger partial charge in [0.15, 0.2) is 0 Å². The highest BCUT2D eigenvalue weighted by atomic mass is 35.5. The van der Waals surface area contributed by atoms with E-state index in [1.165, 1.54) is 30.6 Å². The lowest BCUT2D eigenvalue weighted by molar-refractivity contribution is 0.0750. The fourth-order valence-electron chi connectivity index (χ4n) is 3.22. The fourth-order valence-corrected chi connectivity index (χ4v) is 4.28. The molecule has 1 N–H and O–H groups in total. The van der Waals surface area contributed by atoms with Crippen LogP contribution in [0.4, 0.5) is 0 Å². The lowest BCUT2D eigenvalue weighted by atomic mass is 9.75. The maximum Gasteiger partial charge on any atom is 0.0931 e. The van der Waals surface area contributed by atoms with Gasteiger partial charge >= 0.3 is 0 Å². The van der Waals surface area contributed by atoms with Gasteiger partial charge in [-0.05, 0) is 45.0 Å². The highest BCUT2D eigenvalue weighted by Gasteiger charge is 2.36. The molecule has 0 aromatic carbocycles. The van der Waals surface area contributed by atoms with Crippen molar-refractivity contribution >= 4 is 22.9 Å². The molecule has 1 heterocycles. The van der Waals surface area contributed by atoms with Gasteiger partial charge in [-0.2, -0.15) is 0 Å². The Morgan fingerprint density at radius 2 is 2.26 bits per heavy atom. The maximum atomic E-state index is 5.97. The summed E-state index contributed by atoms with van der Waals surface area (Å²) in [5.74, 6) is 0.842. The monoisotopic (exact) mass is 300 g/mol. The van der Waals surface area contributed by atoms with E-state index in [2.05, 4.69) is 37.3 Å². The molecular weight excluding hydrogens is 276 g/mol. The molecule has 1 saturated carbocycles. The summed E-state index contributed by atoms with van der Waals surface area (Å²) in [5, 5.41) is 3.64. The van der Waals surface area contributed by atoms with Gasteiger partial charge in [0.2, 0.25) is 0 Å². The molecule has 0 radical (unpaired) electrons. The van der Waals surface area contributed by atoms with Gasteiger partial charge in [0.1, 0.15) is 0 Å². The number of rotatable bonds is 5. The van der Waals surface area contributed by atoms with Crippen molar-refractivity contribution in [2.24, 2.45) is 5.92 Å². The molecule has 2 rings (SSSR count). The minimum absolute atomic E-state index is 0.332. The predicted molar refractivity (Wildman–Crippen MR) is 85.1 cm³/mol. The minimum Gasteiger partial charge on any atom is -0.310 e. The summed E-state index contributed by atoms with van der Waals surface area (Å²) >= 11 is 7.64. The smallest absolute Gasteiger partial charge is 0.0931 e. The zero-order valence-electron chi connectivity index (χ0n) is 12.2. The van der Waals surface area contributed by atoms with E-state index in [1.807, 2.05) is 6.07 Å². The van der Waals surface area contributed by atoms with E-state index in [-0.39, 0.29) is 0 Å². The third kappa shape index (κ3) is 3.94. The van der Waals surface area contributed by atoms with E-state index < -0.39 is 0 Å². The Bertz CT molecular complexity index is 405. The average molecular weight is 301 g/mol. The Morgan fingerprint density at radius 1 is 1.47 bits per heavy atom. The predicted octanol–water partition coefficient (Wildman–Crippen LogP) is 4.00. The van der Waals surface area contributed by atoms with Crippen molar-refractivity contribution < 1.29 is 0 Å². The van der Waals surface area contributed by atoms with E-state index in [0.717, 1.165) is 23.3 Å². The number of nitrogens with zero attached hydrogens (tertiary/aromatic N) is 1. The van der Waals surface area contributed by atoms with Crippen LogP contribution in [0, 0.1) is 5.92 Å². The van der Waals surface area contributed by atoms with Gasteiger partial charge in [0.25, 0.3) is 0 Å². The van der Waals surface area contributed by atoms with Crippen molar-refractivity contribution in [1.29, 1.82) is 0 Å². The van der Waals surface area contributed by atoms with Crippen molar-refractivity contribution in [3.05, 3.63) is 21.3 Å². The first-order valence-electron chi connectivity index (χ1n) is 7.14. The van der Waals surface area contributed by atoms with Gasteiger partial charge in [0, 0.05) is 23.5 Å². The molecule has 0 spiro atoms. The largest absolute Gasteiger partial charge is 0.310 e. The van der Waals surface area contributed by atoms with Gasteiger partial charge in [-0.1, -0.05) is 31.4 Å². The maximum absolute atomic E-state index is 5.97. The topological polar surface area (TPSA) is 15.3 Å². The van der Waals surface area contributed by atoms with Crippen molar-refractivity contribution in [3.8, 4) is 0 Å². The Hall–Kier alpha value is -0.0900. The van der Waals surface area contributed by atoms with Crippen LogP contribution < -0.4 is 5.32 Å². The van der Waals surface area contributed by atoms with E-state index in [4.69, 9.17) is 11.6 Å². The zero-order valence-corrected chi connectivity index (χ0v) is 13.8. The number of hydrogen-bond donors (Lipinski definition) is 1. The van der Waals surface area contributed by atoms with Crippen LogP contribution in [0.25, 0.3) is 0 Å². The first kappa shape index (κ1) is 15.3. The standard InChI is InChI=1S/C15H25ClN2S/c1-12-5-4-8-15(9-12,18(2)3)11-17-10-13-6-7-14(16)19-13/h6-7,12,17H,4-5,8-11H2,1-3H3. The molecule has 1 aromatic rings. The van der Waals surface area contributed by atoms with Gasteiger partial charge in [-0.15, -0.1) is 11.3 Å². The van der Waals surface area contributed by atoms with Gasteiger partial charge in [0.05, 0.1) is 4.34 Å². The second-order valence-electron chi connectivity index (χ2n) is 6.13. The molecule has 0 saturated heterocycles. The van der Waals surface area contributed by atoms with Gasteiger partial charge in [-0.25, -0.2) is 0 Å². The van der Waals surface area contributed by atoms with Gasteiger partial charge in [-0.3, -0.25) is 0 Å². The molecule has 0 amide bonds. The number of likely N-dealkylation sites (N-methyl/N-ethyl adjacent to an activating group) is 1. The molecule has 2 unspecified atom stereocenters. The molecule has 4 heteroatoms. The molecule has 108 valence electrons. The Labute approximate surface area is 126 Å². The van der Waals surface area contributed by atoms with Crippen LogP contribution in [0.5, 0.6) is 0 Å². The summed E-state index contributed by atoms with van der Waals surface area (Å²) < 4.78 is 0.880. The third-order valence-electron chi connectivity index (χ3n) is 4.40. The fraction of sp³-hybridized carbons (Fsp3) is 0.733. The van der Waals surface area contributed by atoms with Crippen molar-refractivity contribution in [2.45, 2.75) is 44.7 Å².